The summed E-state index contributed by atoms with van der Waals surface area (Å²) in [7, 11) is 6.09. The summed E-state index contributed by atoms with van der Waals surface area (Å²) in [4.78, 5) is 32.0. The van der Waals surface area contributed by atoms with Crippen LogP contribution in [0.3, 0.4) is 0 Å². The van der Waals surface area contributed by atoms with Gasteiger partial charge in [-0.05, 0) is 78.0 Å². The highest BCUT2D eigenvalue weighted by molar-refractivity contribution is 5.99. The molecule has 2 N–H and O–H groups in total. The van der Waals surface area contributed by atoms with Crippen molar-refractivity contribution < 1.29 is 19.4 Å². The molecule has 34 heavy (non-hydrogen) atoms. The summed E-state index contributed by atoms with van der Waals surface area (Å²) in [5.74, 6) is 1.16. The van der Waals surface area contributed by atoms with E-state index in [2.05, 4.69) is 24.2 Å². The summed E-state index contributed by atoms with van der Waals surface area (Å²) in [6.07, 6.45) is 3.69. The van der Waals surface area contributed by atoms with E-state index in [1.165, 1.54) is 12.8 Å². The molecule has 2 aliphatic rings. The van der Waals surface area contributed by atoms with E-state index in [1.807, 2.05) is 25.9 Å². The number of nitrogens with zero attached hydrogens (tertiary/aromatic N) is 3. The number of hydrogen-bond donors (Lipinski definition) is 2. The highest BCUT2D eigenvalue weighted by Crippen LogP contribution is 2.32. The topological polar surface area (TPSA) is 85.3 Å². The van der Waals surface area contributed by atoms with E-state index in [0.717, 1.165) is 32.0 Å². The van der Waals surface area contributed by atoms with Crippen molar-refractivity contribution in [1.82, 2.24) is 14.7 Å². The van der Waals surface area contributed by atoms with Crippen LogP contribution in [0.15, 0.2) is 18.2 Å². The number of ether oxygens (including phenoxy) is 1. The quantitative estimate of drug-likeness (QED) is 0.513. The van der Waals surface area contributed by atoms with Crippen LogP contribution in [-0.2, 0) is 4.79 Å². The molecule has 1 aliphatic heterocycles. The van der Waals surface area contributed by atoms with Gasteiger partial charge in [-0.15, -0.1) is 0 Å². The number of benzene rings is 1. The predicted octanol–water partition coefficient (Wildman–Crippen LogP) is 2.53. The van der Waals surface area contributed by atoms with Gasteiger partial charge >= 0.3 is 0 Å². The van der Waals surface area contributed by atoms with Gasteiger partial charge in [-0.3, -0.25) is 9.59 Å². The first-order valence-electron chi connectivity index (χ1n) is 12.5. The molecule has 0 spiro atoms. The standard InChI is InChI=1S/C26H42N4O4/c1-18-14-30(19(2)17-31)26(33)22-13-21(27-25(32)7-6-12-28(3)4)10-11-23(22)34-24(18)16-29(5)15-20-8-9-20/h10-11,13,18-20,24,31H,6-9,12,14-17H2,1-5H3,(H,27,32)/t18-,19+,24-/m0/s1. The monoisotopic (exact) mass is 474 g/mol. The predicted molar refractivity (Wildman–Crippen MR) is 134 cm³/mol. The van der Waals surface area contributed by atoms with Gasteiger partial charge in [0.1, 0.15) is 11.9 Å². The Hall–Kier alpha value is -2.16. The minimum Gasteiger partial charge on any atom is -0.488 e. The Kier molecular flexibility index (Phi) is 9.33. The Morgan fingerprint density at radius 1 is 1.26 bits per heavy atom. The number of fused-ring (bicyclic) bond motifs is 1. The Labute approximate surface area is 204 Å². The molecule has 1 saturated carbocycles. The van der Waals surface area contributed by atoms with Crippen LogP contribution in [0.25, 0.3) is 0 Å². The van der Waals surface area contributed by atoms with Gasteiger partial charge < -0.3 is 29.9 Å². The lowest BCUT2D eigenvalue weighted by molar-refractivity contribution is -0.116. The van der Waals surface area contributed by atoms with Gasteiger partial charge in [-0.1, -0.05) is 6.92 Å². The second-order valence-corrected chi connectivity index (χ2v) is 10.5. The fourth-order valence-corrected chi connectivity index (χ4v) is 4.42. The van der Waals surface area contributed by atoms with Crippen LogP contribution >= 0.6 is 0 Å². The van der Waals surface area contributed by atoms with E-state index in [1.54, 1.807) is 23.1 Å². The summed E-state index contributed by atoms with van der Waals surface area (Å²) < 4.78 is 6.44. The van der Waals surface area contributed by atoms with Crippen LogP contribution in [0.1, 0.15) is 49.9 Å². The van der Waals surface area contributed by atoms with Gasteiger partial charge in [0.05, 0.1) is 18.2 Å². The zero-order valence-corrected chi connectivity index (χ0v) is 21.4. The Bertz CT molecular complexity index is 842. The third-order valence-electron chi connectivity index (χ3n) is 6.72. The van der Waals surface area contributed by atoms with Crippen molar-refractivity contribution >= 4 is 17.5 Å². The first-order valence-corrected chi connectivity index (χ1v) is 12.5. The highest BCUT2D eigenvalue weighted by atomic mass is 16.5. The molecule has 2 amide bonds. The average molecular weight is 475 g/mol. The van der Waals surface area contributed by atoms with Crippen LogP contribution in [0.5, 0.6) is 5.75 Å². The summed E-state index contributed by atoms with van der Waals surface area (Å²) >= 11 is 0. The van der Waals surface area contributed by atoms with Gasteiger partial charge in [0, 0.05) is 37.7 Å². The molecule has 0 bridgehead atoms. The van der Waals surface area contributed by atoms with Crippen LogP contribution in [-0.4, -0.2) is 97.7 Å². The molecule has 3 atom stereocenters. The van der Waals surface area contributed by atoms with Crippen molar-refractivity contribution in [1.29, 1.82) is 0 Å². The molecule has 8 nitrogen and oxygen atoms in total. The molecule has 1 aliphatic carbocycles. The number of aliphatic hydroxyl groups is 1. The number of likely N-dealkylation sites (N-methyl/N-ethyl adjacent to an activating group) is 1. The van der Waals surface area contributed by atoms with E-state index < -0.39 is 0 Å². The SMILES string of the molecule is C[C@H](CO)N1C[C@H](C)[C@H](CN(C)CC2CC2)Oc2ccc(NC(=O)CCCN(C)C)cc2C1=O. The van der Waals surface area contributed by atoms with Gasteiger partial charge in [-0.2, -0.15) is 0 Å². The zero-order valence-electron chi connectivity index (χ0n) is 21.4. The molecular weight excluding hydrogens is 432 g/mol. The lowest BCUT2D eigenvalue weighted by Crippen LogP contribution is -2.50. The fraction of sp³-hybridized carbons (Fsp3) is 0.692. The van der Waals surface area contributed by atoms with Crippen LogP contribution in [0.2, 0.25) is 0 Å². The molecule has 0 aromatic heterocycles. The molecule has 1 aromatic carbocycles. The van der Waals surface area contributed by atoms with E-state index >= 15 is 0 Å². The maximum Gasteiger partial charge on any atom is 0.258 e. The minimum absolute atomic E-state index is 0.0743. The second-order valence-electron chi connectivity index (χ2n) is 10.5. The molecule has 0 radical (unpaired) electrons. The number of amides is 2. The van der Waals surface area contributed by atoms with Crippen molar-refractivity contribution in [2.45, 2.75) is 51.7 Å². The molecule has 3 rings (SSSR count). The van der Waals surface area contributed by atoms with Crippen molar-refractivity contribution in [2.24, 2.45) is 11.8 Å². The number of rotatable bonds is 11. The van der Waals surface area contributed by atoms with Crippen molar-refractivity contribution in [2.75, 3.05) is 59.2 Å². The summed E-state index contributed by atoms with van der Waals surface area (Å²) in [6.45, 7) is 7.04. The van der Waals surface area contributed by atoms with E-state index in [0.29, 0.717) is 30.0 Å². The summed E-state index contributed by atoms with van der Waals surface area (Å²) in [6, 6.07) is 4.98. The van der Waals surface area contributed by atoms with Gasteiger partial charge in [0.15, 0.2) is 0 Å². The molecule has 1 aromatic rings. The molecular formula is C26H42N4O4. The Morgan fingerprint density at radius 3 is 2.65 bits per heavy atom. The summed E-state index contributed by atoms with van der Waals surface area (Å²) in [5, 5.41) is 12.7. The number of aliphatic hydroxyl groups excluding tert-OH is 1. The number of carbonyl (C=O) groups excluding carboxylic acids is 2. The van der Waals surface area contributed by atoms with Crippen LogP contribution in [0, 0.1) is 11.8 Å². The Morgan fingerprint density at radius 2 is 2.00 bits per heavy atom. The zero-order chi connectivity index (χ0) is 24.8. The van der Waals surface area contributed by atoms with Gasteiger partial charge in [0.2, 0.25) is 5.91 Å². The average Bonchev–Trinajstić information content (AvgIpc) is 3.59. The lowest BCUT2D eigenvalue weighted by atomic mass is 9.99. The Balaban J connectivity index is 1.80. The second kappa shape index (κ2) is 12.0. The number of carbonyl (C=O) groups is 2. The third-order valence-corrected chi connectivity index (χ3v) is 6.72. The largest absolute Gasteiger partial charge is 0.488 e. The van der Waals surface area contributed by atoms with E-state index in [-0.39, 0.29) is 36.5 Å². The lowest BCUT2D eigenvalue weighted by Gasteiger charge is -2.38. The van der Waals surface area contributed by atoms with Crippen LogP contribution < -0.4 is 10.1 Å². The molecule has 8 heteroatoms. The summed E-state index contributed by atoms with van der Waals surface area (Å²) in [5.41, 5.74) is 1.01. The van der Waals surface area contributed by atoms with Crippen molar-refractivity contribution in [3.8, 4) is 5.75 Å². The fourth-order valence-electron chi connectivity index (χ4n) is 4.42. The van der Waals surface area contributed by atoms with Crippen molar-refractivity contribution in [3.63, 3.8) is 0 Å². The number of anilines is 1. The molecule has 190 valence electrons. The van der Waals surface area contributed by atoms with Gasteiger partial charge in [0.25, 0.3) is 5.91 Å². The number of hydrogen-bond acceptors (Lipinski definition) is 6. The smallest absolute Gasteiger partial charge is 0.258 e. The first-order chi connectivity index (χ1) is 16.2. The third kappa shape index (κ3) is 7.42. The maximum atomic E-state index is 13.5. The van der Waals surface area contributed by atoms with E-state index in [9.17, 15) is 14.7 Å². The maximum absolute atomic E-state index is 13.5. The molecule has 0 saturated heterocycles. The van der Waals surface area contributed by atoms with E-state index in [4.69, 9.17) is 4.74 Å². The highest BCUT2D eigenvalue weighted by Gasteiger charge is 2.34. The molecule has 0 unspecified atom stereocenters. The van der Waals surface area contributed by atoms with Crippen molar-refractivity contribution in [3.05, 3.63) is 23.8 Å². The van der Waals surface area contributed by atoms with Crippen LogP contribution in [0.4, 0.5) is 5.69 Å². The number of nitrogens with one attached hydrogen (secondary N) is 1. The van der Waals surface area contributed by atoms with Gasteiger partial charge in [-0.25, -0.2) is 0 Å². The first kappa shape index (κ1) is 26.4. The molecule has 1 fully saturated rings. The molecule has 1 heterocycles. The normalized spacial score (nSPS) is 21.6. The minimum atomic E-state index is -0.310.